The quantitative estimate of drug-likeness (QED) is 0.776. The van der Waals surface area contributed by atoms with Crippen molar-refractivity contribution < 1.29 is 0 Å². The Hall–Kier alpha value is -0.600. The summed E-state index contributed by atoms with van der Waals surface area (Å²) in [6.07, 6.45) is 6.83. The van der Waals surface area contributed by atoms with Crippen molar-refractivity contribution in [3.8, 4) is 0 Å². The van der Waals surface area contributed by atoms with Gasteiger partial charge in [0.25, 0.3) is 0 Å². The first kappa shape index (κ1) is 9.94. The second kappa shape index (κ2) is 4.76. The lowest BCUT2D eigenvalue weighted by Gasteiger charge is -2.09. The maximum absolute atomic E-state index is 5.72. The zero-order chi connectivity index (χ0) is 9.80. The fourth-order valence-electron chi connectivity index (χ4n) is 1.90. The Bertz CT molecular complexity index is 278. The average molecular weight is 211 g/mol. The summed E-state index contributed by atoms with van der Waals surface area (Å²) in [4.78, 5) is 4.07. The van der Waals surface area contributed by atoms with Gasteiger partial charge in [-0.1, -0.05) is 17.7 Å². The summed E-state index contributed by atoms with van der Waals surface area (Å²) in [5.41, 5.74) is 1.28. The van der Waals surface area contributed by atoms with Crippen LogP contribution in [-0.4, -0.2) is 17.6 Å². The highest BCUT2D eigenvalue weighted by Gasteiger charge is 2.13. The van der Waals surface area contributed by atoms with Crippen LogP contribution in [0, 0.1) is 0 Å². The van der Waals surface area contributed by atoms with Crippen molar-refractivity contribution in [2.45, 2.75) is 31.7 Å². The number of rotatable bonds is 3. The monoisotopic (exact) mass is 210 g/mol. The van der Waals surface area contributed by atoms with E-state index in [0.717, 1.165) is 6.42 Å². The van der Waals surface area contributed by atoms with E-state index in [4.69, 9.17) is 11.6 Å². The van der Waals surface area contributed by atoms with Crippen molar-refractivity contribution in [2.75, 3.05) is 6.54 Å². The molecule has 2 heterocycles. The Labute approximate surface area is 89.7 Å². The fourth-order valence-corrected chi connectivity index (χ4v) is 2.01. The SMILES string of the molecule is Clc1ccc(CCC2CCCN2)cn1. The Morgan fingerprint density at radius 2 is 2.43 bits per heavy atom. The van der Waals surface area contributed by atoms with Gasteiger partial charge in [0, 0.05) is 12.2 Å². The molecule has 0 amide bonds. The van der Waals surface area contributed by atoms with Gasteiger partial charge in [0.05, 0.1) is 0 Å². The number of hydrogen-bond donors (Lipinski definition) is 1. The van der Waals surface area contributed by atoms with E-state index in [9.17, 15) is 0 Å². The van der Waals surface area contributed by atoms with Crippen LogP contribution in [-0.2, 0) is 6.42 Å². The van der Waals surface area contributed by atoms with Gasteiger partial charge < -0.3 is 5.32 Å². The molecule has 76 valence electrons. The molecule has 1 unspecified atom stereocenters. The second-order valence-electron chi connectivity index (χ2n) is 3.82. The molecule has 1 aromatic heterocycles. The molecule has 3 heteroatoms. The van der Waals surface area contributed by atoms with Gasteiger partial charge in [0.15, 0.2) is 0 Å². The van der Waals surface area contributed by atoms with Crippen molar-refractivity contribution >= 4 is 11.6 Å². The van der Waals surface area contributed by atoms with Crippen molar-refractivity contribution in [1.29, 1.82) is 0 Å². The lowest BCUT2D eigenvalue weighted by molar-refractivity contribution is 0.559. The van der Waals surface area contributed by atoms with Crippen molar-refractivity contribution in [1.82, 2.24) is 10.3 Å². The predicted molar refractivity (Wildman–Crippen MR) is 58.6 cm³/mol. The van der Waals surface area contributed by atoms with E-state index in [-0.39, 0.29) is 0 Å². The standard InChI is InChI=1S/C11H15ClN2/c12-11-6-4-9(8-14-11)3-5-10-2-1-7-13-10/h4,6,8,10,13H,1-3,5,7H2. The van der Waals surface area contributed by atoms with Gasteiger partial charge in [-0.25, -0.2) is 4.98 Å². The van der Waals surface area contributed by atoms with Gasteiger partial charge in [0.1, 0.15) is 5.15 Å². The van der Waals surface area contributed by atoms with Crippen LogP contribution in [0.4, 0.5) is 0 Å². The lowest BCUT2D eigenvalue weighted by atomic mass is 10.1. The van der Waals surface area contributed by atoms with E-state index in [2.05, 4.69) is 16.4 Å². The molecule has 1 aliphatic rings. The molecule has 2 nitrogen and oxygen atoms in total. The molecule has 14 heavy (non-hydrogen) atoms. The summed E-state index contributed by atoms with van der Waals surface area (Å²) in [7, 11) is 0. The summed E-state index contributed by atoms with van der Waals surface area (Å²) >= 11 is 5.72. The summed E-state index contributed by atoms with van der Waals surface area (Å²) in [6.45, 7) is 1.18. The second-order valence-corrected chi connectivity index (χ2v) is 4.21. The third-order valence-electron chi connectivity index (χ3n) is 2.73. The molecule has 1 fully saturated rings. The molecule has 0 aromatic carbocycles. The van der Waals surface area contributed by atoms with Crippen LogP contribution in [0.15, 0.2) is 18.3 Å². The van der Waals surface area contributed by atoms with Crippen LogP contribution in [0.25, 0.3) is 0 Å². The minimum Gasteiger partial charge on any atom is -0.314 e. The zero-order valence-corrected chi connectivity index (χ0v) is 8.93. The molecular weight excluding hydrogens is 196 g/mol. The van der Waals surface area contributed by atoms with E-state index in [1.165, 1.54) is 31.4 Å². The van der Waals surface area contributed by atoms with Crippen LogP contribution in [0.2, 0.25) is 5.15 Å². The minimum atomic E-state index is 0.577. The number of nitrogens with zero attached hydrogens (tertiary/aromatic N) is 1. The molecule has 0 saturated carbocycles. The van der Waals surface area contributed by atoms with Gasteiger partial charge in [-0.3, -0.25) is 0 Å². The summed E-state index contributed by atoms with van der Waals surface area (Å²) in [5.74, 6) is 0. The van der Waals surface area contributed by atoms with Gasteiger partial charge in [-0.05, 0) is 43.9 Å². The summed E-state index contributed by atoms with van der Waals surface area (Å²) < 4.78 is 0. The molecule has 1 saturated heterocycles. The summed E-state index contributed by atoms with van der Waals surface area (Å²) in [6, 6.07) is 4.63. The first-order chi connectivity index (χ1) is 6.84. The highest BCUT2D eigenvalue weighted by atomic mass is 35.5. The van der Waals surface area contributed by atoms with Crippen LogP contribution in [0.1, 0.15) is 24.8 Å². The molecule has 0 radical (unpaired) electrons. The van der Waals surface area contributed by atoms with Crippen molar-refractivity contribution in [2.24, 2.45) is 0 Å². The predicted octanol–water partition coefficient (Wildman–Crippen LogP) is 2.42. The molecule has 0 spiro atoms. The number of hydrogen-bond acceptors (Lipinski definition) is 2. The number of pyridine rings is 1. The maximum atomic E-state index is 5.72. The smallest absolute Gasteiger partial charge is 0.129 e. The first-order valence-corrected chi connectivity index (χ1v) is 5.56. The lowest BCUT2D eigenvalue weighted by Crippen LogP contribution is -2.21. The first-order valence-electron chi connectivity index (χ1n) is 5.18. The Balaban J connectivity index is 1.82. The van der Waals surface area contributed by atoms with Crippen LogP contribution in [0.3, 0.4) is 0 Å². The van der Waals surface area contributed by atoms with Crippen LogP contribution < -0.4 is 5.32 Å². The topological polar surface area (TPSA) is 24.9 Å². The molecular formula is C11H15ClN2. The highest BCUT2D eigenvalue weighted by Crippen LogP contribution is 2.13. The molecule has 1 aliphatic heterocycles. The number of aryl methyl sites for hydroxylation is 1. The van der Waals surface area contributed by atoms with Crippen molar-refractivity contribution in [3.63, 3.8) is 0 Å². The molecule has 0 bridgehead atoms. The van der Waals surface area contributed by atoms with E-state index in [1.807, 2.05) is 12.3 Å². The molecule has 1 N–H and O–H groups in total. The normalized spacial score (nSPS) is 21.4. The average Bonchev–Trinajstić information content (AvgIpc) is 2.70. The molecule has 2 rings (SSSR count). The Morgan fingerprint density at radius 1 is 1.50 bits per heavy atom. The third kappa shape index (κ3) is 2.69. The van der Waals surface area contributed by atoms with Gasteiger partial charge in [-0.2, -0.15) is 0 Å². The fraction of sp³-hybridized carbons (Fsp3) is 0.545. The van der Waals surface area contributed by atoms with E-state index >= 15 is 0 Å². The molecule has 0 aliphatic carbocycles. The van der Waals surface area contributed by atoms with Crippen LogP contribution in [0.5, 0.6) is 0 Å². The largest absolute Gasteiger partial charge is 0.314 e. The van der Waals surface area contributed by atoms with E-state index < -0.39 is 0 Å². The van der Waals surface area contributed by atoms with E-state index in [0.29, 0.717) is 11.2 Å². The van der Waals surface area contributed by atoms with Gasteiger partial charge in [-0.15, -0.1) is 0 Å². The highest BCUT2D eigenvalue weighted by molar-refractivity contribution is 6.29. The maximum Gasteiger partial charge on any atom is 0.129 e. The van der Waals surface area contributed by atoms with Crippen LogP contribution >= 0.6 is 11.6 Å². The third-order valence-corrected chi connectivity index (χ3v) is 2.96. The van der Waals surface area contributed by atoms with Crippen molar-refractivity contribution in [3.05, 3.63) is 29.0 Å². The van der Waals surface area contributed by atoms with Gasteiger partial charge in [0.2, 0.25) is 0 Å². The Kier molecular flexibility index (Phi) is 3.38. The number of halogens is 1. The minimum absolute atomic E-state index is 0.577. The number of aromatic nitrogens is 1. The Morgan fingerprint density at radius 3 is 3.07 bits per heavy atom. The molecule has 1 atom stereocenters. The van der Waals surface area contributed by atoms with E-state index in [1.54, 1.807) is 0 Å². The summed E-state index contributed by atoms with van der Waals surface area (Å²) in [5, 5.41) is 4.07. The number of nitrogens with one attached hydrogen (secondary N) is 1. The van der Waals surface area contributed by atoms with Gasteiger partial charge >= 0.3 is 0 Å². The zero-order valence-electron chi connectivity index (χ0n) is 8.17. The molecule has 1 aromatic rings.